The first-order valence-corrected chi connectivity index (χ1v) is 28.7. The predicted molar refractivity (Wildman–Crippen MR) is 281 cm³/mol. The van der Waals surface area contributed by atoms with Crippen molar-refractivity contribution in [3.63, 3.8) is 0 Å². The molecule has 0 aliphatic carbocycles. The Labute approximate surface area is 402 Å². The van der Waals surface area contributed by atoms with Gasteiger partial charge in [0.2, 0.25) is 5.91 Å². The van der Waals surface area contributed by atoms with Crippen LogP contribution in [-0.4, -0.2) is 73.4 Å². The average molecular weight is 934 g/mol. The number of phosphoric acid groups is 1. The van der Waals surface area contributed by atoms with E-state index in [0.29, 0.717) is 17.4 Å². The molecule has 8 nitrogen and oxygen atoms in total. The lowest BCUT2D eigenvalue weighted by molar-refractivity contribution is -0.870. The van der Waals surface area contributed by atoms with E-state index in [1.807, 2.05) is 27.2 Å². The smallest absolute Gasteiger partial charge is 0.387 e. The first-order valence-electron chi connectivity index (χ1n) is 27.2. The fourth-order valence-electron chi connectivity index (χ4n) is 7.74. The number of aliphatic hydroxyl groups is 1. The van der Waals surface area contributed by atoms with E-state index in [2.05, 4.69) is 67.8 Å². The first kappa shape index (κ1) is 63.2. The minimum Gasteiger partial charge on any atom is -0.387 e. The molecule has 0 aromatic carbocycles. The maximum Gasteiger partial charge on any atom is 0.472 e. The summed E-state index contributed by atoms with van der Waals surface area (Å²) in [6.07, 6.45) is 63.0. The summed E-state index contributed by atoms with van der Waals surface area (Å²) in [6.45, 7) is 4.72. The summed E-state index contributed by atoms with van der Waals surface area (Å²) in [5, 5.41) is 13.9. The molecule has 1 amide bonds. The number of nitrogens with zero attached hydrogens (tertiary/aromatic N) is 1. The van der Waals surface area contributed by atoms with Crippen LogP contribution in [-0.2, 0) is 18.4 Å². The third-order valence-corrected chi connectivity index (χ3v) is 13.0. The van der Waals surface area contributed by atoms with E-state index >= 15 is 0 Å². The summed E-state index contributed by atoms with van der Waals surface area (Å²) in [4.78, 5) is 23.3. The number of carbonyl (C=O) groups excluding carboxylic acids is 1. The number of quaternary nitrogens is 1. The maximum atomic E-state index is 13.0. The Morgan fingerprint density at radius 3 is 1.35 bits per heavy atom. The molecule has 0 spiro atoms. The lowest BCUT2D eigenvalue weighted by atomic mass is 10.0. The second-order valence-corrected chi connectivity index (χ2v) is 21.0. The van der Waals surface area contributed by atoms with E-state index in [1.165, 1.54) is 154 Å². The molecule has 3 N–H and O–H groups in total. The number of likely N-dealkylation sites (N-methyl/N-ethyl adjacent to an activating group) is 1. The molecular formula is C56H106N2O6P+. The Balaban J connectivity index is 4.28. The molecule has 0 aliphatic heterocycles. The summed E-state index contributed by atoms with van der Waals surface area (Å²) in [5.41, 5.74) is 0. The fraction of sp³-hybridized carbons (Fsp3) is 0.804. The molecule has 0 saturated heterocycles. The van der Waals surface area contributed by atoms with Gasteiger partial charge in [-0.05, 0) is 57.8 Å². The minimum atomic E-state index is -4.35. The molecule has 0 bridgehead atoms. The molecule has 9 heteroatoms. The van der Waals surface area contributed by atoms with E-state index in [9.17, 15) is 19.4 Å². The van der Waals surface area contributed by atoms with Crippen molar-refractivity contribution >= 4 is 13.7 Å². The summed E-state index contributed by atoms with van der Waals surface area (Å²) < 4.78 is 23.7. The van der Waals surface area contributed by atoms with Crippen molar-refractivity contribution in [2.45, 2.75) is 251 Å². The largest absolute Gasteiger partial charge is 0.472 e. The topological polar surface area (TPSA) is 105 Å². The van der Waals surface area contributed by atoms with Crippen LogP contribution in [0.3, 0.4) is 0 Å². The molecule has 0 fully saturated rings. The average Bonchev–Trinajstić information content (AvgIpc) is 3.26. The number of phosphoric ester groups is 1. The molecule has 0 radical (unpaired) electrons. The molecule has 0 aliphatic rings. The number of hydrogen-bond donors (Lipinski definition) is 3. The van der Waals surface area contributed by atoms with E-state index in [1.54, 1.807) is 6.08 Å². The van der Waals surface area contributed by atoms with Gasteiger partial charge < -0.3 is 19.8 Å². The number of rotatable bonds is 49. The summed E-state index contributed by atoms with van der Waals surface area (Å²) in [6, 6.07) is -0.851. The third kappa shape index (κ3) is 49.9. The van der Waals surface area contributed by atoms with Gasteiger partial charge in [-0.1, -0.05) is 235 Å². The number of unbranched alkanes of at least 4 members (excludes halogenated alkanes) is 28. The third-order valence-electron chi connectivity index (χ3n) is 12.0. The van der Waals surface area contributed by atoms with Crippen molar-refractivity contribution in [1.82, 2.24) is 5.32 Å². The van der Waals surface area contributed by atoms with Crippen LogP contribution in [0.15, 0.2) is 60.8 Å². The van der Waals surface area contributed by atoms with Gasteiger partial charge in [0.05, 0.1) is 39.9 Å². The molecule has 0 rings (SSSR count). The second-order valence-electron chi connectivity index (χ2n) is 19.6. The first-order chi connectivity index (χ1) is 31.5. The van der Waals surface area contributed by atoms with Crippen molar-refractivity contribution in [2.24, 2.45) is 0 Å². The van der Waals surface area contributed by atoms with Crippen molar-refractivity contribution < 1.29 is 32.9 Å². The van der Waals surface area contributed by atoms with Crippen molar-refractivity contribution in [3.8, 4) is 0 Å². The molecule has 3 unspecified atom stereocenters. The Hall–Kier alpha value is -1.80. The van der Waals surface area contributed by atoms with Crippen LogP contribution in [0.25, 0.3) is 0 Å². The highest BCUT2D eigenvalue weighted by Gasteiger charge is 2.27. The van der Waals surface area contributed by atoms with Crippen molar-refractivity contribution in [3.05, 3.63) is 60.8 Å². The highest BCUT2D eigenvalue weighted by atomic mass is 31.2. The minimum absolute atomic E-state index is 0.0589. The van der Waals surface area contributed by atoms with Crippen LogP contribution >= 0.6 is 7.82 Å². The lowest BCUT2D eigenvalue weighted by Crippen LogP contribution is -2.45. The zero-order valence-electron chi connectivity index (χ0n) is 43.2. The van der Waals surface area contributed by atoms with Gasteiger partial charge in [0.1, 0.15) is 13.2 Å². The number of amides is 1. The van der Waals surface area contributed by atoms with Gasteiger partial charge in [-0.2, -0.15) is 0 Å². The van der Waals surface area contributed by atoms with Crippen LogP contribution in [0.4, 0.5) is 0 Å². The van der Waals surface area contributed by atoms with Crippen LogP contribution in [0, 0.1) is 0 Å². The molecule has 3 atom stereocenters. The van der Waals surface area contributed by atoms with Gasteiger partial charge in [-0.15, -0.1) is 0 Å². The second kappa shape index (κ2) is 47.3. The van der Waals surface area contributed by atoms with Crippen LogP contribution in [0.2, 0.25) is 0 Å². The molecular weight excluding hydrogens is 828 g/mol. The van der Waals surface area contributed by atoms with E-state index in [-0.39, 0.29) is 19.1 Å². The zero-order chi connectivity index (χ0) is 47.8. The van der Waals surface area contributed by atoms with Gasteiger partial charge in [0.25, 0.3) is 0 Å². The monoisotopic (exact) mass is 934 g/mol. The Bertz CT molecular complexity index is 1240. The highest BCUT2D eigenvalue weighted by Crippen LogP contribution is 2.43. The van der Waals surface area contributed by atoms with Crippen LogP contribution in [0.1, 0.15) is 239 Å². The number of aliphatic hydroxyl groups excluding tert-OH is 1. The predicted octanol–water partition coefficient (Wildman–Crippen LogP) is 16.1. The summed E-state index contributed by atoms with van der Waals surface area (Å²) >= 11 is 0. The maximum absolute atomic E-state index is 13.0. The van der Waals surface area contributed by atoms with Gasteiger partial charge in [-0.3, -0.25) is 13.8 Å². The van der Waals surface area contributed by atoms with E-state index in [0.717, 1.165) is 64.2 Å². The van der Waals surface area contributed by atoms with Gasteiger partial charge in [-0.25, -0.2) is 4.57 Å². The number of hydrogen-bond acceptors (Lipinski definition) is 5. The Kier molecular flexibility index (Phi) is 46.0. The highest BCUT2D eigenvalue weighted by molar-refractivity contribution is 7.47. The van der Waals surface area contributed by atoms with Crippen molar-refractivity contribution in [1.29, 1.82) is 0 Å². The van der Waals surface area contributed by atoms with Crippen LogP contribution in [0.5, 0.6) is 0 Å². The van der Waals surface area contributed by atoms with Gasteiger partial charge >= 0.3 is 7.82 Å². The van der Waals surface area contributed by atoms with Gasteiger partial charge in [0.15, 0.2) is 0 Å². The molecule has 380 valence electrons. The standard InChI is InChI=1S/C56H105N2O6P/c1-6-8-10-12-14-16-18-20-22-24-26-28-29-30-32-34-36-38-40-42-44-46-48-50-56(60)57-54(53-64-65(61,62)63-52-51-58(3,4)5)55(59)49-47-45-43-41-39-37-35-33-31-27-25-23-21-19-17-15-13-11-9-7-2/h8,10,14,16,20,22,26,28,47,49,54-55,59H,6-7,9,11-13,15,17-19,21,23-25,27,29-46,48,50-53H2,1-5H3,(H-,57,60,61,62)/p+1/b10-8-,16-14-,22-20-,28-26-,49-47+. The molecule has 0 aromatic rings. The zero-order valence-corrected chi connectivity index (χ0v) is 44.1. The van der Waals surface area contributed by atoms with Crippen LogP contribution < -0.4 is 5.32 Å². The number of nitrogens with one attached hydrogen (secondary N) is 1. The Morgan fingerprint density at radius 2 is 0.923 bits per heavy atom. The van der Waals surface area contributed by atoms with E-state index in [4.69, 9.17) is 9.05 Å². The normalized spacial score (nSPS) is 14.5. The Morgan fingerprint density at radius 1 is 0.538 bits per heavy atom. The summed E-state index contributed by atoms with van der Waals surface area (Å²) in [7, 11) is 1.57. The number of carbonyl (C=O) groups is 1. The SMILES string of the molecule is CC/C=C\C/C=C\C/C=C\C/C=C\CCCCCCCCCCCCC(=O)NC(COP(=O)(O)OCC[N+](C)(C)C)C(O)/C=C/CCCCCCCCCCCCCCCCCCCC. The molecule has 65 heavy (non-hydrogen) atoms. The molecule has 0 saturated carbocycles. The summed E-state index contributed by atoms with van der Waals surface area (Å²) in [5.74, 6) is -0.182. The number of allylic oxidation sites excluding steroid dienone is 9. The molecule has 0 heterocycles. The molecule has 0 aromatic heterocycles. The van der Waals surface area contributed by atoms with Crippen molar-refractivity contribution in [2.75, 3.05) is 40.9 Å². The quantitative estimate of drug-likeness (QED) is 0.0243. The van der Waals surface area contributed by atoms with E-state index < -0.39 is 20.0 Å². The fourth-order valence-corrected chi connectivity index (χ4v) is 8.48. The lowest BCUT2D eigenvalue weighted by Gasteiger charge is -2.25. The van der Waals surface area contributed by atoms with Gasteiger partial charge in [0, 0.05) is 6.42 Å².